The molecular weight excluding hydrogens is 482 g/mol. The second kappa shape index (κ2) is 9.18. The lowest BCUT2D eigenvalue weighted by Gasteiger charge is -2.28. The van der Waals surface area contributed by atoms with Crippen molar-refractivity contribution in [2.24, 2.45) is 0 Å². The molecule has 5 aromatic rings. The first-order valence-corrected chi connectivity index (χ1v) is 11.8. The van der Waals surface area contributed by atoms with Crippen LogP contribution in [0.25, 0.3) is 22.0 Å². The zero-order valence-electron chi connectivity index (χ0n) is 19.5. The van der Waals surface area contributed by atoms with E-state index in [0.29, 0.717) is 45.3 Å². The molecule has 0 unspecified atom stereocenters. The molecule has 0 spiro atoms. The molecule has 0 radical (unpaired) electrons. The molecule has 2 aromatic heterocycles. The maximum absolute atomic E-state index is 6.55. The lowest BCUT2D eigenvalue weighted by molar-refractivity contribution is 0.137. The third-order valence-corrected chi connectivity index (χ3v) is 6.14. The molecule has 0 amide bonds. The van der Waals surface area contributed by atoms with Crippen molar-refractivity contribution in [1.29, 1.82) is 0 Å². The minimum atomic E-state index is 0.109. The van der Waals surface area contributed by atoms with E-state index in [-0.39, 0.29) is 6.10 Å². The Morgan fingerprint density at radius 1 is 1.00 bits per heavy atom. The number of oxazole rings is 1. The molecule has 36 heavy (non-hydrogen) atoms. The van der Waals surface area contributed by atoms with E-state index >= 15 is 0 Å². The molecule has 3 aromatic carbocycles. The van der Waals surface area contributed by atoms with Crippen molar-refractivity contribution in [1.82, 2.24) is 20.3 Å². The molecule has 9 nitrogen and oxygen atoms in total. The van der Waals surface area contributed by atoms with Gasteiger partial charge in [-0.15, -0.1) is 0 Å². The predicted octanol–water partition coefficient (Wildman–Crippen LogP) is 5.63. The number of aromatic nitrogens is 3. The van der Waals surface area contributed by atoms with E-state index in [4.69, 9.17) is 30.2 Å². The van der Waals surface area contributed by atoms with Crippen LogP contribution in [0.3, 0.4) is 0 Å². The molecule has 1 aliphatic rings. The van der Waals surface area contributed by atoms with Crippen LogP contribution in [0.15, 0.2) is 59.3 Å². The number of fused-ring (bicyclic) bond motifs is 2. The van der Waals surface area contributed by atoms with Gasteiger partial charge in [-0.3, -0.25) is 0 Å². The smallest absolute Gasteiger partial charge is 0.192 e. The van der Waals surface area contributed by atoms with Gasteiger partial charge in [-0.25, -0.2) is 15.0 Å². The SMILES string of the molecule is COc1cc2ncnc(Nc3ccc(Oc4ccc5nc(C)oc5c4)c(Cl)c3)c2cc1OC1CNC1. The third kappa shape index (κ3) is 4.34. The number of halogens is 1. The summed E-state index contributed by atoms with van der Waals surface area (Å²) in [7, 11) is 1.61. The molecule has 10 heteroatoms. The average Bonchev–Trinajstić information content (AvgIpc) is 3.22. The Labute approximate surface area is 211 Å². The fourth-order valence-corrected chi connectivity index (χ4v) is 4.17. The Morgan fingerprint density at radius 2 is 1.89 bits per heavy atom. The van der Waals surface area contributed by atoms with Crippen molar-refractivity contribution in [3.63, 3.8) is 0 Å². The summed E-state index contributed by atoms with van der Waals surface area (Å²) in [6, 6.07) is 14.7. The first kappa shape index (κ1) is 22.4. The maximum Gasteiger partial charge on any atom is 0.192 e. The van der Waals surface area contributed by atoms with E-state index < -0.39 is 0 Å². The Morgan fingerprint density at radius 3 is 2.67 bits per heavy atom. The average molecular weight is 504 g/mol. The molecule has 1 aliphatic heterocycles. The van der Waals surface area contributed by atoms with E-state index in [1.807, 2.05) is 30.3 Å². The first-order chi connectivity index (χ1) is 17.6. The van der Waals surface area contributed by atoms with E-state index in [9.17, 15) is 0 Å². The van der Waals surface area contributed by atoms with Gasteiger partial charge >= 0.3 is 0 Å². The highest BCUT2D eigenvalue weighted by atomic mass is 35.5. The monoisotopic (exact) mass is 503 g/mol. The van der Waals surface area contributed by atoms with Crippen LogP contribution in [0.1, 0.15) is 5.89 Å². The van der Waals surface area contributed by atoms with E-state index in [2.05, 4.69) is 25.6 Å². The Hall–Kier alpha value is -4.08. The minimum absolute atomic E-state index is 0.109. The van der Waals surface area contributed by atoms with Gasteiger partial charge in [0.05, 0.1) is 17.6 Å². The number of anilines is 2. The van der Waals surface area contributed by atoms with Crippen LogP contribution >= 0.6 is 11.6 Å². The fraction of sp³-hybridized carbons (Fsp3) is 0.192. The Kier molecular flexibility index (Phi) is 5.71. The summed E-state index contributed by atoms with van der Waals surface area (Å²) in [6.45, 7) is 3.41. The minimum Gasteiger partial charge on any atom is -0.493 e. The van der Waals surface area contributed by atoms with Crippen LogP contribution in [-0.4, -0.2) is 41.3 Å². The van der Waals surface area contributed by atoms with Crippen molar-refractivity contribution >= 4 is 45.1 Å². The van der Waals surface area contributed by atoms with Gasteiger partial charge in [0.25, 0.3) is 0 Å². The standard InChI is InChI=1S/C26H22ClN5O4/c1-14-31-20-5-4-16(8-23(20)34-14)35-22-6-3-15(7-19(22)27)32-26-18-9-25(36-17-11-28-12-17)24(33-2)10-21(18)29-13-30-26/h3-10,13,17,28H,11-12H2,1-2H3,(H,29,30,32). The zero-order valence-corrected chi connectivity index (χ0v) is 20.3. The van der Waals surface area contributed by atoms with E-state index in [0.717, 1.165) is 35.2 Å². The van der Waals surface area contributed by atoms with Crippen LogP contribution in [0.2, 0.25) is 5.02 Å². The summed E-state index contributed by atoms with van der Waals surface area (Å²) in [5.41, 5.74) is 2.91. The van der Waals surface area contributed by atoms with Gasteiger partial charge in [0.2, 0.25) is 0 Å². The summed E-state index contributed by atoms with van der Waals surface area (Å²) in [5, 5.41) is 7.77. The highest BCUT2D eigenvalue weighted by molar-refractivity contribution is 6.32. The van der Waals surface area contributed by atoms with Gasteiger partial charge in [-0.1, -0.05) is 11.6 Å². The second-order valence-electron chi connectivity index (χ2n) is 8.38. The number of nitrogens with one attached hydrogen (secondary N) is 2. The highest BCUT2D eigenvalue weighted by Crippen LogP contribution is 2.37. The van der Waals surface area contributed by atoms with Gasteiger partial charge in [-0.05, 0) is 36.4 Å². The number of hydrogen-bond donors (Lipinski definition) is 2. The maximum atomic E-state index is 6.55. The van der Waals surface area contributed by atoms with E-state index in [1.54, 1.807) is 32.2 Å². The van der Waals surface area contributed by atoms with Crippen molar-refractivity contribution in [3.8, 4) is 23.0 Å². The van der Waals surface area contributed by atoms with Crippen molar-refractivity contribution in [2.45, 2.75) is 13.0 Å². The number of aryl methyl sites for hydroxylation is 1. The molecular formula is C26H22ClN5O4. The van der Waals surface area contributed by atoms with Gasteiger partial charge in [0.1, 0.15) is 35.3 Å². The van der Waals surface area contributed by atoms with Gasteiger partial charge < -0.3 is 29.3 Å². The van der Waals surface area contributed by atoms with Crippen LogP contribution < -0.4 is 24.8 Å². The topological polar surface area (TPSA) is 104 Å². The second-order valence-corrected chi connectivity index (χ2v) is 8.78. The number of ether oxygens (including phenoxy) is 3. The first-order valence-electron chi connectivity index (χ1n) is 11.4. The molecule has 1 fully saturated rings. The lowest BCUT2D eigenvalue weighted by atomic mass is 10.2. The van der Waals surface area contributed by atoms with Crippen LogP contribution in [-0.2, 0) is 0 Å². The largest absolute Gasteiger partial charge is 0.493 e. The Bertz CT molecular complexity index is 1580. The zero-order chi connectivity index (χ0) is 24.6. The van der Waals surface area contributed by atoms with Gasteiger partial charge in [-0.2, -0.15) is 0 Å². The predicted molar refractivity (Wildman–Crippen MR) is 137 cm³/mol. The summed E-state index contributed by atoms with van der Waals surface area (Å²) in [5.74, 6) is 3.61. The molecule has 0 atom stereocenters. The number of rotatable bonds is 7. The summed E-state index contributed by atoms with van der Waals surface area (Å²) in [4.78, 5) is 13.1. The normalized spacial score (nSPS) is 13.5. The highest BCUT2D eigenvalue weighted by Gasteiger charge is 2.21. The number of benzene rings is 3. The number of hydrogen-bond acceptors (Lipinski definition) is 9. The van der Waals surface area contributed by atoms with Crippen molar-refractivity contribution < 1.29 is 18.6 Å². The molecule has 182 valence electrons. The van der Waals surface area contributed by atoms with Gasteiger partial charge in [0, 0.05) is 43.2 Å². The number of nitrogens with zero attached hydrogens (tertiary/aromatic N) is 3. The van der Waals surface area contributed by atoms with Gasteiger partial charge in [0.15, 0.2) is 23.0 Å². The quantitative estimate of drug-likeness (QED) is 0.292. The van der Waals surface area contributed by atoms with Crippen LogP contribution in [0.4, 0.5) is 11.5 Å². The van der Waals surface area contributed by atoms with E-state index in [1.165, 1.54) is 6.33 Å². The molecule has 2 N–H and O–H groups in total. The number of methoxy groups -OCH3 is 1. The molecule has 0 saturated carbocycles. The molecule has 0 aliphatic carbocycles. The molecule has 0 bridgehead atoms. The molecule has 3 heterocycles. The summed E-state index contributed by atoms with van der Waals surface area (Å²) < 4.78 is 23.2. The third-order valence-electron chi connectivity index (χ3n) is 5.85. The Balaban J connectivity index is 1.26. The van der Waals surface area contributed by atoms with Crippen LogP contribution in [0.5, 0.6) is 23.0 Å². The van der Waals surface area contributed by atoms with Crippen molar-refractivity contribution in [2.75, 3.05) is 25.5 Å². The fourth-order valence-electron chi connectivity index (χ4n) is 3.95. The molecule has 6 rings (SSSR count). The summed E-state index contributed by atoms with van der Waals surface area (Å²) in [6.07, 6.45) is 1.61. The lowest BCUT2D eigenvalue weighted by Crippen LogP contribution is -2.50. The van der Waals surface area contributed by atoms with Crippen LogP contribution in [0, 0.1) is 6.92 Å². The molecule has 1 saturated heterocycles. The van der Waals surface area contributed by atoms with Crippen molar-refractivity contribution in [3.05, 3.63) is 65.8 Å². The summed E-state index contributed by atoms with van der Waals surface area (Å²) >= 11 is 6.55.